The molecule has 1 heterocycles. The molecule has 0 aromatic heterocycles. The van der Waals surface area contributed by atoms with Crippen LogP contribution in [-0.4, -0.2) is 33.5 Å². The molecule has 1 unspecified atom stereocenters. The van der Waals surface area contributed by atoms with Gasteiger partial charge in [0.15, 0.2) is 0 Å². The van der Waals surface area contributed by atoms with Gasteiger partial charge in [-0.3, -0.25) is 4.79 Å². The van der Waals surface area contributed by atoms with Crippen LogP contribution in [0.3, 0.4) is 0 Å². The number of nitrogens with one attached hydrogen (secondary N) is 3. The van der Waals surface area contributed by atoms with Crippen molar-refractivity contribution in [1.29, 1.82) is 0 Å². The van der Waals surface area contributed by atoms with Gasteiger partial charge < -0.3 is 10.6 Å². The first kappa shape index (κ1) is 22.5. The van der Waals surface area contributed by atoms with E-state index in [9.17, 15) is 13.2 Å². The molecule has 7 heteroatoms. The van der Waals surface area contributed by atoms with Crippen molar-refractivity contribution in [3.63, 3.8) is 0 Å². The number of aryl methyl sites for hydroxylation is 3. The standard InChI is InChI=1S/C23H31N3O3S/c1-15-7-5-6-8-20(15)23(27)25-21-13-17(3)22(14-16(21)2)30(28,29)26-18(4)19-9-11-24-12-10-19/h5-8,13-14,18-19,24,26H,9-12H2,1-4H3,(H,25,27). The minimum absolute atomic E-state index is 0.128. The van der Waals surface area contributed by atoms with Gasteiger partial charge in [-0.25, -0.2) is 13.1 Å². The maximum Gasteiger partial charge on any atom is 0.255 e. The fourth-order valence-electron chi connectivity index (χ4n) is 3.98. The second-order valence-corrected chi connectivity index (χ2v) is 9.88. The summed E-state index contributed by atoms with van der Waals surface area (Å²) in [5.41, 5.74) is 3.41. The highest BCUT2D eigenvalue weighted by Gasteiger charge is 2.26. The maximum absolute atomic E-state index is 13.0. The highest BCUT2D eigenvalue weighted by molar-refractivity contribution is 7.89. The molecule has 30 heavy (non-hydrogen) atoms. The molecule has 0 bridgehead atoms. The number of hydrogen-bond acceptors (Lipinski definition) is 4. The third-order valence-electron chi connectivity index (χ3n) is 5.88. The van der Waals surface area contributed by atoms with Gasteiger partial charge in [-0.05, 0) is 94.4 Å². The minimum atomic E-state index is -3.65. The van der Waals surface area contributed by atoms with Crippen LogP contribution in [0.15, 0.2) is 41.3 Å². The Morgan fingerprint density at radius 3 is 2.37 bits per heavy atom. The van der Waals surface area contributed by atoms with Crippen molar-refractivity contribution < 1.29 is 13.2 Å². The Kier molecular flexibility index (Phi) is 6.95. The fraction of sp³-hybridized carbons (Fsp3) is 0.435. The van der Waals surface area contributed by atoms with Crippen LogP contribution in [0.25, 0.3) is 0 Å². The first-order valence-electron chi connectivity index (χ1n) is 10.4. The average Bonchev–Trinajstić information content (AvgIpc) is 2.71. The van der Waals surface area contributed by atoms with Crippen LogP contribution in [0.1, 0.15) is 46.8 Å². The zero-order valence-electron chi connectivity index (χ0n) is 18.1. The molecule has 1 saturated heterocycles. The van der Waals surface area contributed by atoms with E-state index in [1.165, 1.54) is 0 Å². The molecular weight excluding hydrogens is 398 g/mol. The van der Waals surface area contributed by atoms with E-state index < -0.39 is 10.0 Å². The molecular formula is C23H31N3O3S. The maximum atomic E-state index is 13.0. The van der Waals surface area contributed by atoms with Gasteiger partial charge in [0.1, 0.15) is 0 Å². The topological polar surface area (TPSA) is 87.3 Å². The van der Waals surface area contributed by atoms with E-state index in [4.69, 9.17) is 0 Å². The number of benzene rings is 2. The highest BCUT2D eigenvalue weighted by Crippen LogP contribution is 2.26. The van der Waals surface area contributed by atoms with Crippen LogP contribution in [0, 0.1) is 26.7 Å². The number of rotatable bonds is 6. The summed E-state index contributed by atoms with van der Waals surface area (Å²) in [4.78, 5) is 12.9. The summed E-state index contributed by atoms with van der Waals surface area (Å²) in [6.45, 7) is 9.23. The summed E-state index contributed by atoms with van der Waals surface area (Å²) in [5.74, 6) is 0.124. The Labute approximate surface area is 179 Å². The van der Waals surface area contributed by atoms with Crippen molar-refractivity contribution in [1.82, 2.24) is 10.0 Å². The van der Waals surface area contributed by atoms with Crippen molar-refractivity contribution >= 4 is 21.6 Å². The summed E-state index contributed by atoms with van der Waals surface area (Å²) in [5, 5.41) is 6.22. The van der Waals surface area contributed by atoms with E-state index in [0.29, 0.717) is 28.3 Å². The van der Waals surface area contributed by atoms with Gasteiger partial charge in [0.25, 0.3) is 5.91 Å². The van der Waals surface area contributed by atoms with Gasteiger partial charge in [0.05, 0.1) is 4.90 Å². The lowest BCUT2D eigenvalue weighted by atomic mass is 9.92. The van der Waals surface area contributed by atoms with Gasteiger partial charge in [0.2, 0.25) is 10.0 Å². The van der Waals surface area contributed by atoms with Gasteiger partial charge in [-0.2, -0.15) is 0 Å². The van der Waals surface area contributed by atoms with Crippen molar-refractivity contribution in [2.75, 3.05) is 18.4 Å². The molecule has 1 atom stereocenters. The van der Waals surface area contributed by atoms with Crippen LogP contribution >= 0.6 is 0 Å². The van der Waals surface area contributed by atoms with Crippen LogP contribution < -0.4 is 15.4 Å². The average molecular weight is 430 g/mol. The molecule has 3 N–H and O–H groups in total. The Morgan fingerprint density at radius 1 is 1.03 bits per heavy atom. The van der Waals surface area contributed by atoms with Gasteiger partial charge in [-0.15, -0.1) is 0 Å². The van der Waals surface area contributed by atoms with E-state index in [0.717, 1.165) is 31.5 Å². The molecule has 1 amide bonds. The quantitative estimate of drug-likeness (QED) is 0.656. The lowest BCUT2D eigenvalue weighted by molar-refractivity contribution is 0.102. The molecule has 1 aliphatic rings. The summed E-state index contributed by atoms with van der Waals surface area (Å²) in [7, 11) is -3.65. The molecule has 162 valence electrons. The van der Waals surface area contributed by atoms with Crippen molar-refractivity contribution in [3.05, 3.63) is 58.7 Å². The first-order chi connectivity index (χ1) is 14.2. The Bertz CT molecular complexity index is 1030. The zero-order valence-corrected chi connectivity index (χ0v) is 18.9. The van der Waals surface area contributed by atoms with Crippen LogP contribution in [-0.2, 0) is 10.0 Å². The Morgan fingerprint density at radius 2 is 1.70 bits per heavy atom. The summed E-state index contributed by atoms with van der Waals surface area (Å²) in [6.07, 6.45) is 1.93. The lowest BCUT2D eigenvalue weighted by Crippen LogP contribution is -2.42. The number of amides is 1. The van der Waals surface area contributed by atoms with E-state index >= 15 is 0 Å². The summed E-state index contributed by atoms with van der Waals surface area (Å²) < 4.78 is 28.9. The molecule has 2 aromatic carbocycles. The van der Waals surface area contributed by atoms with Gasteiger partial charge >= 0.3 is 0 Å². The molecule has 0 aliphatic carbocycles. The lowest BCUT2D eigenvalue weighted by Gasteiger charge is -2.29. The summed E-state index contributed by atoms with van der Waals surface area (Å²) in [6, 6.07) is 10.6. The third kappa shape index (κ3) is 5.09. The third-order valence-corrected chi connectivity index (χ3v) is 7.58. The van der Waals surface area contributed by atoms with Gasteiger partial charge in [-0.1, -0.05) is 18.2 Å². The van der Waals surface area contributed by atoms with E-state index in [1.807, 2.05) is 39.0 Å². The number of piperidine rings is 1. The fourth-order valence-corrected chi connectivity index (χ4v) is 5.60. The van der Waals surface area contributed by atoms with E-state index in [1.54, 1.807) is 25.1 Å². The van der Waals surface area contributed by atoms with Crippen molar-refractivity contribution in [2.45, 2.75) is 51.5 Å². The Balaban J connectivity index is 1.79. The predicted octanol–water partition coefficient (Wildman–Crippen LogP) is 3.53. The Hall–Kier alpha value is -2.22. The first-order valence-corrected chi connectivity index (χ1v) is 11.9. The molecule has 1 fully saturated rings. The molecule has 0 radical (unpaired) electrons. The predicted molar refractivity (Wildman–Crippen MR) is 120 cm³/mol. The second kappa shape index (κ2) is 9.29. The zero-order chi connectivity index (χ0) is 21.9. The van der Waals surface area contributed by atoms with Crippen LogP contribution in [0.5, 0.6) is 0 Å². The van der Waals surface area contributed by atoms with Crippen molar-refractivity contribution in [3.8, 4) is 0 Å². The highest BCUT2D eigenvalue weighted by atomic mass is 32.2. The normalized spacial score (nSPS) is 16.3. The molecule has 0 spiro atoms. The number of carbonyl (C=O) groups is 1. The molecule has 2 aromatic rings. The van der Waals surface area contributed by atoms with Crippen LogP contribution in [0.2, 0.25) is 0 Å². The number of anilines is 1. The smallest absolute Gasteiger partial charge is 0.255 e. The largest absolute Gasteiger partial charge is 0.322 e. The van der Waals surface area contributed by atoms with E-state index in [-0.39, 0.29) is 16.8 Å². The minimum Gasteiger partial charge on any atom is -0.322 e. The molecule has 1 aliphatic heterocycles. The monoisotopic (exact) mass is 429 g/mol. The molecule has 6 nitrogen and oxygen atoms in total. The van der Waals surface area contributed by atoms with Gasteiger partial charge in [0, 0.05) is 17.3 Å². The van der Waals surface area contributed by atoms with Crippen molar-refractivity contribution in [2.24, 2.45) is 5.92 Å². The number of sulfonamides is 1. The molecule has 0 saturated carbocycles. The number of hydrogen-bond donors (Lipinski definition) is 3. The number of carbonyl (C=O) groups excluding carboxylic acids is 1. The van der Waals surface area contributed by atoms with E-state index in [2.05, 4.69) is 15.4 Å². The molecule has 3 rings (SSSR count). The SMILES string of the molecule is Cc1cc(S(=O)(=O)NC(C)C2CCNCC2)c(C)cc1NC(=O)c1ccccc1C. The second-order valence-electron chi connectivity index (χ2n) is 8.20. The van der Waals surface area contributed by atoms with Crippen LogP contribution in [0.4, 0.5) is 5.69 Å². The summed E-state index contributed by atoms with van der Waals surface area (Å²) >= 11 is 0.